The summed E-state index contributed by atoms with van der Waals surface area (Å²) in [6.45, 7) is 1.72. The van der Waals surface area contributed by atoms with Crippen LogP contribution in [0.1, 0.15) is 11.1 Å². The largest absolute Gasteiger partial charge is 0.352 e. The van der Waals surface area contributed by atoms with E-state index in [1.54, 1.807) is 42.6 Å². The van der Waals surface area contributed by atoms with E-state index in [2.05, 4.69) is 38.9 Å². The molecular formula is C20H19N3O2S. The average molecular weight is 365 g/mol. The molecule has 0 amide bonds. The van der Waals surface area contributed by atoms with E-state index in [0.717, 1.165) is 25.3 Å². The molecule has 0 saturated heterocycles. The maximum absolute atomic E-state index is 12.4. The van der Waals surface area contributed by atoms with E-state index < -0.39 is 10.0 Å². The predicted molar refractivity (Wildman–Crippen MR) is 103 cm³/mol. The molecule has 0 aliphatic carbocycles. The molecule has 1 aromatic heterocycles. The third-order valence-electron chi connectivity index (χ3n) is 4.51. The molecule has 2 heterocycles. The van der Waals surface area contributed by atoms with Gasteiger partial charge < -0.3 is 4.90 Å². The second-order valence-corrected chi connectivity index (χ2v) is 7.95. The van der Waals surface area contributed by atoms with E-state index in [1.807, 2.05) is 6.07 Å². The van der Waals surface area contributed by atoms with Crippen LogP contribution in [0.4, 0.5) is 11.5 Å². The fourth-order valence-electron chi connectivity index (χ4n) is 3.14. The van der Waals surface area contributed by atoms with Gasteiger partial charge in [-0.05, 0) is 41.8 Å². The Bertz CT molecular complexity index is 1000. The second-order valence-electron chi connectivity index (χ2n) is 6.26. The zero-order valence-electron chi connectivity index (χ0n) is 14.2. The minimum absolute atomic E-state index is 0.233. The van der Waals surface area contributed by atoms with Crippen LogP contribution in [0.2, 0.25) is 0 Å². The molecule has 1 aliphatic rings. The lowest BCUT2D eigenvalue weighted by atomic mass is 10.00. The van der Waals surface area contributed by atoms with Crippen LogP contribution in [0.5, 0.6) is 0 Å². The van der Waals surface area contributed by atoms with Gasteiger partial charge >= 0.3 is 0 Å². The Labute approximate surface area is 153 Å². The third kappa shape index (κ3) is 3.41. The first-order chi connectivity index (χ1) is 12.6. The predicted octanol–water partition coefficient (Wildman–Crippen LogP) is 3.45. The normalized spacial score (nSPS) is 13.9. The molecule has 0 unspecified atom stereocenters. The fraction of sp³-hybridized carbons (Fsp3) is 0.150. The van der Waals surface area contributed by atoms with Crippen molar-refractivity contribution >= 4 is 21.5 Å². The summed E-state index contributed by atoms with van der Waals surface area (Å²) in [6.07, 6.45) is 2.55. The highest BCUT2D eigenvalue weighted by molar-refractivity contribution is 7.92. The van der Waals surface area contributed by atoms with Crippen molar-refractivity contribution in [2.75, 3.05) is 16.2 Å². The van der Waals surface area contributed by atoms with Crippen molar-refractivity contribution in [2.24, 2.45) is 0 Å². The lowest BCUT2D eigenvalue weighted by Gasteiger charge is -2.29. The quantitative estimate of drug-likeness (QED) is 0.769. The molecule has 2 aromatic carbocycles. The molecule has 1 aliphatic heterocycles. The second kappa shape index (κ2) is 6.80. The monoisotopic (exact) mass is 365 g/mol. The van der Waals surface area contributed by atoms with Crippen LogP contribution >= 0.6 is 0 Å². The Morgan fingerprint density at radius 2 is 1.62 bits per heavy atom. The topological polar surface area (TPSA) is 62.3 Å². The number of hydrogen-bond donors (Lipinski definition) is 1. The van der Waals surface area contributed by atoms with E-state index in [1.165, 1.54) is 11.1 Å². The summed E-state index contributed by atoms with van der Waals surface area (Å²) in [5.74, 6) is 0.849. The summed E-state index contributed by atoms with van der Waals surface area (Å²) in [5.41, 5.74) is 3.15. The number of sulfonamides is 1. The minimum Gasteiger partial charge on any atom is -0.352 e. The highest BCUT2D eigenvalue weighted by Crippen LogP contribution is 2.24. The average Bonchev–Trinajstić information content (AvgIpc) is 2.69. The van der Waals surface area contributed by atoms with Crippen molar-refractivity contribution in [3.63, 3.8) is 0 Å². The molecule has 1 N–H and O–H groups in total. The SMILES string of the molecule is O=S(=O)(Nc1ccc(N2CCc3ccccc3C2)nc1)c1ccccc1. The lowest BCUT2D eigenvalue weighted by molar-refractivity contribution is 0.601. The van der Waals surface area contributed by atoms with Crippen molar-refractivity contribution in [2.45, 2.75) is 17.9 Å². The van der Waals surface area contributed by atoms with Crippen LogP contribution < -0.4 is 9.62 Å². The third-order valence-corrected chi connectivity index (χ3v) is 5.91. The lowest BCUT2D eigenvalue weighted by Crippen LogP contribution is -2.30. The number of benzene rings is 2. The molecule has 0 saturated carbocycles. The van der Waals surface area contributed by atoms with Gasteiger partial charge in [-0.2, -0.15) is 0 Å². The van der Waals surface area contributed by atoms with E-state index in [-0.39, 0.29) is 4.90 Å². The Kier molecular flexibility index (Phi) is 4.34. The summed E-state index contributed by atoms with van der Waals surface area (Å²) in [7, 11) is -3.59. The molecule has 26 heavy (non-hydrogen) atoms. The summed E-state index contributed by atoms with van der Waals surface area (Å²) < 4.78 is 27.3. The van der Waals surface area contributed by atoms with Gasteiger partial charge in [0.15, 0.2) is 0 Å². The van der Waals surface area contributed by atoms with Crippen LogP contribution in [-0.2, 0) is 23.0 Å². The van der Waals surface area contributed by atoms with E-state index in [4.69, 9.17) is 0 Å². The Morgan fingerprint density at radius 3 is 2.35 bits per heavy atom. The van der Waals surface area contributed by atoms with Crippen molar-refractivity contribution in [1.82, 2.24) is 4.98 Å². The van der Waals surface area contributed by atoms with Crippen LogP contribution in [0.3, 0.4) is 0 Å². The maximum atomic E-state index is 12.4. The van der Waals surface area contributed by atoms with Gasteiger partial charge in [-0.3, -0.25) is 4.72 Å². The number of aromatic nitrogens is 1. The number of fused-ring (bicyclic) bond motifs is 1. The van der Waals surface area contributed by atoms with Gasteiger partial charge in [-0.1, -0.05) is 42.5 Å². The number of pyridine rings is 1. The van der Waals surface area contributed by atoms with Gasteiger partial charge in [0, 0.05) is 13.1 Å². The summed E-state index contributed by atoms with van der Waals surface area (Å²) in [6, 6.07) is 20.4. The molecular weight excluding hydrogens is 346 g/mol. The molecule has 4 rings (SSSR count). The number of anilines is 2. The van der Waals surface area contributed by atoms with Crippen LogP contribution in [-0.4, -0.2) is 19.9 Å². The molecule has 0 radical (unpaired) electrons. The van der Waals surface area contributed by atoms with Crippen molar-refractivity contribution in [3.05, 3.63) is 84.1 Å². The van der Waals surface area contributed by atoms with Gasteiger partial charge in [-0.25, -0.2) is 13.4 Å². The van der Waals surface area contributed by atoms with Crippen LogP contribution in [0.25, 0.3) is 0 Å². The maximum Gasteiger partial charge on any atom is 0.261 e. The Morgan fingerprint density at radius 1 is 0.885 bits per heavy atom. The number of nitrogens with zero attached hydrogens (tertiary/aromatic N) is 2. The van der Waals surface area contributed by atoms with Crippen molar-refractivity contribution < 1.29 is 8.42 Å². The molecule has 6 heteroatoms. The van der Waals surface area contributed by atoms with E-state index in [0.29, 0.717) is 5.69 Å². The molecule has 0 fully saturated rings. The van der Waals surface area contributed by atoms with Crippen LogP contribution in [0, 0.1) is 0 Å². The zero-order chi connectivity index (χ0) is 18.0. The molecule has 0 atom stereocenters. The van der Waals surface area contributed by atoms with Gasteiger partial charge in [0.2, 0.25) is 0 Å². The number of hydrogen-bond acceptors (Lipinski definition) is 4. The van der Waals surface area contributed by atoms with Crippen molar-refractivity contribution in [3.8, 4) is 0 Å². The first-order valence-electron chi connectivity index (χ1n) is 8.47. The summed E-state index contributed by atoms with van der Waals surface area (Å²) >= 11 is 0. The number of nitrogens with one attached hydrogen (secondary N) is 1. The van der Waals surface area contributed by atoms with Gasteiger partial charge in [-0.15, -0.1) is 0 Å². The highest BCUT2D eigenvalue weighted by atomic mass is 32.2. The summed E-state index contributed by atoms with van der Waals surface area (Å²) in [4.78, 5) is 6.89. The molecule has 3 aromatic rings. The smallest absolute Gasteiger partial charge is 0.261 e. The van der Waals surface area contributed by atoms with E-state index in [9.17, 15) is 8.42 Å². The molecule has 0 spiro atoms. The molecule has 0 bridgehead atoms. The fourth-order valence-corrected chi connectivity index (χ4v) is 4.20. The number of rotatable bonds is 4. The van der Waals surface area contributed by atoms with Gasteiger partial charge in [0.25, 0.3) is 10.0 Å². The van der Waals surface area contributed by atoms with E-state index >= 15 is 0 Å². The molecule has 5 nitrogen and oxygen atoms in total. The van der Waals surface area contributed by atoms with Crippen LogP contribution in [0.15, 0.2) is 77.8 Å². The summed E-state index contributed by atoms with van der Waals surface area (Å²) in [5, 5.41) is 0. The van der Waals surface area contributed by atoms with Gasteiger partial charge in [0.05, 0.1) is 16.8 Å². The zero-order valence-corrected chi connectivity index (χ0v) is 15.0. The molecule has 132 valence electrons. The first kappa shape index (κ1) is 16.6. The Balaban J connectivity index is 1.49. The standard InChI is InChI=1S/C20H19N3O2S/c24-26(25,19-8-2-1-3-9-19)22-18-10-11-20(21-14-18)23-13-12-16-6-4-5-7-17(16)15-23/h1-11,14,22H,12-13,15H2. The first-order valence-corrected chi connectivity index (χ1v) is 9.96. The highest BCUT2D eigenvalue weighted by Gasteiger charge is 2.18. The van der Waals surface area contributed by atoms with Gasteiger partial charge in [0.1, 0.15) is 5.82 Å². The minimum atomic E-state index is -3.59. The van der Waals surface area contributed by atoms with Crippen molar-refractivity contribution in [1.29, 1.82) is 0 Å². The Hall–Kier alpha value is -2.86.